The number of nitrogens with one attached hydrogen (secondary N) is 1. The van der Waals surface area contributed by atoms with E-state index in [1.165, 1.54) is 19.1 Å². The first kappa shape index (κ1) is 17.1. The van der Waals surface area contributed by atoms with Gasteiger partial charge in [-0.3, -0.25) is 4.79 Å². The second kappa shape index (κ2) is 6.49. The van der Waals surface area contributed by atoms with Gasteiger partial charge in [-0.25, -0.2) is 8.42 Å². The van der Waals surface area contributed by atoms with Crippen molar-refractivity contribution in [3.63, 3.8) is 0 Å². The molecule has 2 heterocycles. The minimum atomic E-state index is -3.10. The zero-order chi connectivity index (χ0) is 17.2. The van der Waals surface area contributed by atoms with Gasteiger partial charge in [0.05, 0.1) is 11.5 Å². The number of carbonyl (C=O) groups excluding carboxylic acids is 1. The maximum Gasteiger partial charge on any atom is 0.406 e. The fraction of sp³-hybridized carbons (Fsp3) is 0.538. The second-order valence-corrected chi connectivity index (χ2v) is 7.63. The number of ether oxygens (including phenoxy) is 1. The largest absolute Gasteiger partial charge is 0.473 e. The molecule has 23 heavy (non-hydrogen) atoms. The van der Waals surface area contributed by atoms with Gasteiger partial charge in [-0.1, -0.05) is 0 Å². The number of sulfone groups is 1. The third kappa shape index (κ3) is 4.38. The van der Waals surface area contributed by atoms with Crippen molar-refractivity contribution in [2.24, 2.45) is 0 Å². The molecule has 0 saturated carbocycles. The molecule has 1 saturated heterocycles. The Hall–Kier alpha value is -2.23. The predicted molar refractivity (Wildman–Crippen MR) is 80.9 cm³/mol. The summed E-state index contributed by atoms with van der Waals surface area (Å²) in [4.78, 5) is 26.1. The second-order valence-electron chi connectivity index (χ2n) is 5.40. The average molecular weight is 343 g/mol. The first-order valence-corrected chi connectivity index (χ1v) is 8.79. The Kier molecular flexibility index (Phi) is 4.83. The quantitative estimate of drug-likeness (QED) is 0.604. The van der Waals surface area contributed by atoms with Crippen molar-refractivity contribution >= 4 is 21.6 Å². The number of aryl methyl sites for hydroxylation is 1. The molecule has 1 N–H and O–H groups in total. The lowest BCUT2D eigenvalue weighted by Gasteiger charge is -2.17. The smallest absolute Gasteiger partial charge is 0.406 e. The minimum absolute atomic E-state index is 0.0422. The molecule has 2 atom stereocenters. The van der Waals surface area contributed by atoms with E-state index in [4.69, 9.17) is 4.74 Å². The van der Waals surface area contributed by atoms with Gasteiger partial charge in [-0.2, -0.15) is 0 Å². The minimum Gasteiger partial charge on any atom is -0.473 e. The third-order valence-corrected chi connectivity index (χ3v) is 5.17. The lowest BCUT2D eigenvalue weighted by molar-refractivity contribution is -0.390. The van der Waals surface area contributed by atoms with Gasteiger partial charge < -0.3 is 20.2 Å². The number of nitro groups is 1. The number of hydrogen-bond acceptors (Lipinski definition) is 7. The molecular formula is C13H17N3O6S. The number of hydrogen-bond donors (Lipinski definition) is 1. The molecule has 126 valence electrons. The van der Waals surface area contributed by atoms with Crippen molar-refractivity contribution in [2.45, 2.75) is 32.4 Å². The molecule has 1 aromatic rings. The molecule has 1 amide bonds. The van der Waals surface area contributed by atoms with Gasteiger partial charge in [0.1, 0.15) is 5.69 Å². The molecule has 2 rings (SSSR count). The topological polar surface area (TPSA) is 128 Å². The number of rotatable bonds is 5. The number of carbonyl (C=O) groups is 1. The maximum atomic E-state index is 12.0. The van der Waals surface area contributed by atoms with Gasteiger partial charge in [-0.05, 0) is 35.4 Å². The average Bonchev–Trinajstić information content (AvgIpc) is 2.79. The highest BCUT2D eigenvalue weighted by Gasteiger charge is 2.31. The fourth-order valence-electron chi connectivity index (χ4n) is 2.22. The Balaban J connectivity index is 2.03. The Morgan fingerprint density at radius 1 is 1.52 bits per heavy atom. The summed E-state index contributed by atoms with van der Waals surface area (Å²) >= 11 is 0. The standard InChI is InChI=1S/C13H17N3O6S/c1-8-3-4-11(12(14-8)16(18)19)22-9(2)13(17)15-10-5-6-23(20,21)7-10/h3-4,9-10H,5-7H2,1-2H3,(H,15,17)/t9-,10-/m1/s1. The normalized spacial score (nSPS) is 20.7. The highest BCUT2D eigenvalue weighted by Crippen LogP contribution is 2.25. The zero-order valence-corrected chi connectivity index (χ0v) is 13.5. The van der Waals surface area contributed by atoms with Crippen LogP contribution in [-0.4, -0.2) is 47.9 Å². The lowest BCUT2D eigenvalue weighted by atomic mass is 10.2. The Bertz CT molecular complexity index is 733. The first-order chi connectivity index (χ1) is 10.7. The summed E-state index contributed by atoms with van der Waals surface area (Å²) in [7, 11) is -3.10. The molecule has 0 radical (unpaired) electrons. The molecule has 1 aliphatic heterocycles. The molecule has 1 fully saturated rings. The van der Waals surface area contributed by atoms with Crippen LogP contribution < -0.4 is 10.1 Å². The van der Waals surface area contributed by atoms with Gasteiger partial charge in [-0.15, -0.1) is 0 Å². The molecule has 0 bridgehead atoms. The number of amides is 1. The molecule has 0 unspecified atom stereocenters. The number of pyridine rings is 1. The third-order valence-electron chi connectivity index (χ3n) is 3.40. The van der Waals surface area contributed by atoms with Gasteiger partial charge in [0, 0.05) is 13.0 Å². The molecular weight excluding hydrogens is 326 g/mol. The van der Waals surface area contributed by atoms with Crippen LogP contribution in [0.5, 0.6) is 5.75 Å². The molecule has 1 aliphatic rings. The monoisotopic (exact) mass is 343 g/mol. The fourth-order valence-corrected chi connectivity index (χ4v) is 3.90. The molecule has 1 aromatic heterocycles. The van der Waals surface area contributed by atoms with E-state index >= 15 is 0 Å². The molecule has 9 nitrogen and oxygen atoms in total. The van der Waals surface area contributed by atoms with Crippen LogP contribution in [0.4, 0.5) is 5.82 Å². The van der Waals surface area contributed by atoms with Crippen molar-refractivity contribution in [1.29, 1.82) is 0 Å². The van der Waals surface area contributed by atoms with E-state index < -0.39 is 38.6 Å². The van der Waals surface area contributed by atoms with Crippen molar-refractivity contribution in [3.8, 4) is 5.75 Å². The summed E-state index contributed by atoms with van der Waals surface area (Å²) in [5.41, 5.74) is 0.456. The van der Waals surface area contributed by atoms with Crippen molar-refractivity contribution in [1.82, 2.24) is 10.3 Å². The van der Waals surface area contributed by atoms with Crippen molar-refractivity contribution in [2.75, 3.05) is 11.5 Å². The Morgan fingerprint density at radius 3 is 2.78 bits per heavy atom. The summed E-state index contributed by atoms with van der Waals surface area (Å²) in [5.74, 6) is -1.16. The molecule has 0 aromatic carbocycles. The molecule has 10 heteroatoms. The van der Waals surface area contributed by atoms with Gasteiger partial charge >= 0.3 is 5.82 Å². The van der Waals surface area contributed by atoms with Crippen molar-refractivity contribution in [3.05, 3.63) is 27.9 Å². The van der Waals surface area contributed by atoms with E-state index in [0.717, 1.165) is 0 Å². The van der Waals surface area contributed by atoms with Crippen LogP contribution in [0, 0.1) is 17.0 Å². The SMILES string of the molecule is Cc1ccc(O[C@H](C)C(=O)N[C@@H]2CCS(=O)(=O)C2)c([N+](=O)[O-])n1. The van der Waals surface area contributed by atoms with E-state index in [1.807, 2.05) is 0 Å². The number of aromatic nitrogens is 1. The number of nitrogens with zero attached hydrogens (tertiary/aromatic N) is 2. The highest BCUT2D eigenvalue weighted by atomic mass is 32.2. The lowest BCUT2D eigenvalue weighted by Crippen LogP contribution is -2.43. The Labute approximate surface area is 133 Å². The van der Waals surface area contributed by atoms with Crippen molar-refractivity contribution < 1.29 is 22.9 Å². The summed E-state index contributed by atoms with van der Waals surface area (Å²) in [6.45, 7) is 3.04. The molecule has 0 spiro atoms. The summed E-state index contributed by atoms with van der Waals surface area (Å²) in [6, 6.07) is 2.46. The highest BCUT2D eigenvalue weighted by molar-refractivity contribution is 7.91. The Morgan fingerprint density at radius 2 is 2.22 bits per heavy atom. The van der Waals surface area contributed by atoms with Crippen LogP contribution in [0.15, 0.2) is 12.1 Å². The van der Waals surface area contributed by atoms with E-state index in [0.29, 0.717) is 12.1 Å². The van der Waals surface area contributed by atoms with Crippen LogP contribution in [0.1, 0.15) is 19.0 Å². The van der Waals surface area contributed by atoms with Gasteiger partial charge in [0.25, 0.3) is 5.91 Å². The van der Waals surface area contributed by atoms with Crippen LogP contribution in [0.3, 0.4) is 0 Å². The van der Waals surface area contributed by atoms with Crippen LogP contribution in [0.25, 0.3) is 0 Å². The summed E-state index contributed by atoms with van der Waals surface area (Å²) in [5, 5.41) is 13.6. The predicted octanol–water partition coefficient (Wildman–Crippen LogP) is 0.369. The van der Waals surface area contributed by atoms with E-state index in [1.54, 1.807) is 6.92 Å². The van der Waals surface area contributed by atoms with Gasteiger partial charge in [0.2, 0.25) is 5.75 Å². The molecule has 0 aliphatic carbocycles. The first-order valence-electron chi connectivity index (χ1n) is 6.97. The van der Waals surface area contributed by atoms with Crippen LogP contribution in [0.2, 0.25) is 0 Å². The maximum absolute atomic E-state index is 12.0. The van der Waals surface area contributed by atoms with Gasteiger partial charge in [0.15, 0.2) is 15.9 Å². The van der Waals surface area contributed by atoms with E-state index in [2.05, 4.69) is 10.3 Å². The zero-order valence-electron chi connectivity index (χ0n) is 12.7. The summed E-state index contributed by atoms with van der Waals surface area (Å²) in [6.07, 6.45) is -0.658. The van der Waals surface area contributed by atoms with Crippen LogP contribution in [-0.2, 0) is 14.6 Å². The van der Waals surface area contributed by atoms with E-state index in [-0.39, 0.29) is 17.3 Å². The van der Waals surface area contributed by atoms with Crippen LogP contribution >= 0.6 is 0 Å². The summed E-state index contributed by atoms with van der Waals surface area (Å²) < 4.78 is 28.1. The van der Waals surface area contributed by atoms with E-state index in [9.17, 15) is 23.3 Å².